The number of carbonyl (C=O) groups excluding carboxylic acids is 1. The standard InChI is InChI=1S/C28H27ClN6O4/c1-28(2,3)39-27(37)31-14-22-19-10-15(6-9-18(19)26(36)34-33-22)21-13-32-35(5)25(21)20-11-16(29)12-23(24(20)30-4)38-17-7-8-17/h6,9-13,17H,7-8,14H2,1-3,5H3,(H,31,37)(H,34,36). The maximum atomic E-state index is 12.5. The summed E-state index contributed by atoms with van der Waals surface area (Å²) in [6, 6.07) is 8.75. The first kappa shape index (κ1) is 26.3. The lowest BCUT2D eigenvalue weighted by molar-refractivity contribution is 0.0523. The maximum Gasteiger partial charge on any atom is 0.407 e. The minimum Gasteiger partial charge on any atom is -0.501 e. The SMILES string of the molecule is [C-]#[N+]c1c(OC2CC2)cc(Cl)cc1-c1c(-c2ccc3c(=O)[nH]nc(CNC(=O)OC(C)(C)C)c3c2)cnn1C. The molecule has 0 atom stereocenters. The number of aromatic nitrogens is 4. The fourth-order valence-electron chi connectivity index (χ4n) is 4.29. The molecular weight excluding hydrogens is 520 g/mol. The van der Waals surface area contributed by atoms with Crippen LogP contribution in [0.5, 0.6) is 5.75 Å². The molecule has 0 unspecified atom stereocenters. The summed E-state index contributed by atoms with van der Waals surface area (Å²) < 4.78 is 13.0. The lowest BCUT2D eigenvalue weighted by Crippen LogP contribution is -2.32. The number of H-pyrrole nitrogens is 1. The van der Waals surface area contributed by atoms with Crippen LogP contribution in [-0.2, 0) is 18.3 Å². The van der Waals surface area contributed by atoms with E-state index in [0.717, 1.165) is 24.0 Å². The summed E-state index contributed by atoms with van der Waals surface area (Å²) in [4.78, 5) is 28.5. The molecule has 39 heavy (non-hydrogen) atoms. The van der Waals surface area contributed by atoms with Gasteiger partial charge in [0.2, 0.25) is 5.69 Å². The van der Waals surface area contributed by atoms with Crippen molar-refractivity contribution in [2.75, 3.05) is 0 Å². The quantitative estimate of drug-likeness (QED) is 0.297. The third-order valence-corrected chi connectivity index (χ3v) is 6.36. The van der Waals surface area contributed by atoms with Crippen LogP contribution in [0.2, 0.25) is 5.02 Å². The molecule has 0 saturated heterocycles. The molecular formula is C28H27ClN6O4. The minimum atomic E-state index is -0.650. The summed E-state index contributed by atoms with van der Waals surface area (Å²) in [5.74, 6) is 0.451. The number of benzene rings is 2. The van der Waals surface area contributed by atoms with Crippen LogP contribution in [0.1, 0.15) is 39.3 Å². The highest BCUT2D eigenvalue weighted by Crippen LogP contribution is 2.46. The van der Waals surface area contributed by atoms with Crippen LogP contribution in [0.15, 0.2) is 41.3 Å². The predicted molar refractivity (Wildman–Crippen MR) is 148 cm³/mol. The number of nitrogens with zero attached hydrogens (tertiary/aromatic N) is 4. The molecule has 0 radical (unpaired) electrons. The van der Waals surface area contributed by atoms with Crippen LogP contribution in [-0.4, -0.2) is 37.8 Å². The zero-order valence-corrected chi connectivity index (χ0v) is 22.7. The molecule has 1 saturated carbocycles. The summed E-state index contributed by atoms with van der Waals surface area (Å²) in [7, 11) is 1.79. The number of aromatic amines is 1. The van der Waals surface area contributed by atoms with Gasteiger partial charge < -0.3 is 14.8 Å². The van der Waals surface area contributed by atoms with Gasteiger partial charge in [0.15, 0.2) is 0 Å². The first-order chi connectivity index (χ1) is 18.5. The van der Waals surface area contributed by atoms with Gasteiger partial charge in [0.05, 0.1) is 42.2 Å². The number of carbonyl (C=O) groups is 1. The van der Waals surface area contributed by atoms with Gasteiger partial charge in [0.25, 0.3) is 5.56 Å². The highest BCUT2D eigenvalue weighted by molar-refractivity contribution is 6.31. The fraction of sp³-hybridized carbons (Fsp3) is 0.321. The minimum absolute atomic E-state index is 0.0452. The van der Waals surface area contributed by atoms with Crippen LogP contribution in [0.4, 0.5) is 10.5 Å². The molecule has 0 spiro atoms. The highest BCUT2D eigenvalue weighted by Gasteiger charge is 2.27. The Morgan fingerprint density at radius 3 is 2.69 bits per heavy atom. The number of fused-ring (bicyclic) bond motifs is 1. The van der Waals surface area contributed by atoms with Gasteiger partial charge in [0.1, 0.15) is 11.4 Å². The number of alkyl carbamates (subject to hydrolysis) is 1. The van der Waals surface area contributed by atoms with Crippen LogP contribution >= 0.6 is 11.6 Å². The molecule has 5 rings (SSSR count). The Labute approximate surface area is 229 Å². The van der Waals surface area contributed by atoms with E-state index in [2.05, 4.69) is 25.5 Å². The van der Waals surface area contributed by atoms with E-state index < -0.39 is 11.7 Å². The van der Waals surface area contributed by atoms with Gasteiger partial charge in [-0.25, -0.2) is 14.7 Å². The molecule has 2 aromatic heterocycles. The number of rotatable bonds is 6. The van der Waals surface area contributed by atoms with Gasteiger partial charge in [-0.3, -0.25) is 9.48 Å². The first-order valence-corrected chi connectivity index (χ1v) is 12.8. The first-order valence-electron chi connectivity index (χ1n) is 12.4. The zero-order chi connectivity index (χ0) is 27.9. The molecule has 4 aromatic rings. The summed E-state index contributed by atoms with van der Waals surface area (Å²) >= 11 is 6.46. The summed E-state index contributed by atoms with van der Waals surface area (Å²) in [6.07, 6.45) is 3.11. The van der Waals surface area contributed by atoms with Crippen LogP contribution in [0, 0.1) is 6.57 Å². The van der Waals surface area contributed by atoms with Gasteiger partial charge in [0, 0.05) is 28.6 Å². The van der Waals surface area contributed by atoms with E-state index in [1.54, 1.807) is 56.9 Å². The van der Waals surface area contributed by atoms with Gasteiger partial charge in [-0.15, -0.1) is 0 Å². The van der Waals surface area contributed by atoms with Gasteiger partial charge in [-0.05, 0) is 63.4 Å². The molecule has 11 heteroatoms. The molecule has 2 aromatic carbocycles. The Bertz CT molecular complexity index is 1690. The fourth-order valence-corrected chi connectivity index (χ4v) is 4.49. The van der Waals surface area contributed by atoms with Crippen molar-refractivity contribution in [2.45, 2.75) is 51.9 Å². The third-order valence-electron chi connectivity index (χ3n) is 6.14. The van der Waals surface area contributed by atoms with Crippen molar-refractivity contribution in [1.29, 1.82) is 0 Å². The number of amides is 1. The topological polar surface area (TPSA) is 115 Å². The largest absolute Gasteiger partial charge is 0.501 e. The number of aryl methyl sites for hydroxylation is 1. The van der Waals surface area contributed by atoms with Gasteiger partial charge >= 0.3 is 6.09 Å². The van der Waals surface area contributed by atoms with Gasteiger partial charge in [-0.2, -0.15) is 10.2 Å². The molecule has 1 aliphatic rings. The van der Waals surface area contributed by atoms with Crippen molar-refractivity contribution in [3.05, 3.63) is 69.0 Å². The Morgan fingerprint density at radius 2 is 2.00 bits per heavy atom. The average Bonchev–Trinajstić information content (AvgIpc) is 3.60. The molecule has 10 nitrogen and oxygen atoms in total. The molecule has 0 bridgehead atoms. The monoisotopic (exact) mass is 546 g/mol. The van der Waals surface area contributed by atoms with E-state index in [9.17, 15) is 9.59 Å². The molecule has 0 aliphatic heterocycles. The number of hydrogen-bond acceptors (Lipinski definition) is 6. The van der Waals surface area contributed by atoms with Crippen LogP contribution in [0.3, 0.4) is 0 Å². The van der Waals surface area contributed by atoms with Gasteiger partial charge in [-0.1, -0.05) is 17.7 Å². The summed E-state index contributed by atoms with van der Waals surface area (Å²) in [6.45, 7) is 13.3. The average molecular weight is 547 g/mol. The summed E-state index contributed by atoms with van der Waals surface area (Å²) in [5, 5.41) is 15.3. The second-order valence-corrected chi connectivity index (χ2v) is 10.8. The van der Waals surface area contributed by atoms with Crippen molar-refractivity contribution in [2.24, 2.45) is 7.05 Å². The number of ether oxygens (including phenoxy) is 2. The van der Waals surface area contributed by atoms with Crippen molar-refractivity contribution < 1.29 is 14.3 Å². The number of halogens is 1. The smallest absolute Gasteiger partial charge is 0.407 e. The van der Waals surface area contributed by atoms with Crippen LogP contribution < -0.4 is 15.6 Å². The molecule has 2 heterocycles. The molecule has 1 amide bonds. The van der Waals surface area contributed by atoms with E-state index in [1.807, 2.05) is 12.1 Å². The molecule has 2 N–H and O–H groups in total. The second-order valence-electron chi connectivity index (χ2n) is 10.4. The maximum absolute atomic E-state index is 12.5. The lowest BCUT2D eigenvalue weighted by atomic mass is 9.97. The Kier molecular flexibility index (Phi) is 6.78. The Morgan fingerprint density at radius 1 is 1.23 bits per heavy atom. The van der Waals surface area contributed by atoms with E-state index in [4.69, 9.17) is 27.6 Å². The van der Waals surface area contributed by atoms with Crippen molar-refractivity contribution in [3.63, 3.8) is 0 Å². The Hall–Kier alpha value is -4.36. The van der Waals surface area contributed by atoms with E-state index in [0.29, 0.717) is 44.2 Å². The van der Waals surface area contributed by atoms with E-state index in [1.165, 1.54) is 0 Å². The molecule has 1 fully saturated rings. The number of nitrogens with one attached hydrogen (secondary N) is 2. The lowest BCUT2D eigenvalue weighted by Gasteiger charge is -2.19. The third kappa shape index (κ3) is 5.59. The Balaban J connectivity index is 1.58. The molecule has 1 aliphatic carbocycles. The highest BCUT2D eigenvalue weighted by atomic mass is 35.5. The van der Waals surface area contributed by atoms with E-state index in [-0.39, 0.29) is 18.2 Å². The van der Waals surface area contributed by atoms with Crippen molar-refractivity contribution in [1.82, 2.24) is 25.3 Å². The van der Waals surface area contributed by atoms with Crippen LogP contribution in [0.25, 0.3) is 38.0 Å². The van der Waals surface area contributed by atoms with Crippen molar-refractivity contribution >= 4 is 34.2 Å². The second kappa shape index (κ2) is 10.1. The molecule has 200 valence electrons. The number of hydrogen-bond donors (Lipinski definition) is 2. The predicted octanol–water partition coefficient (Wildman–Crippen LogP) is 5.76. The summed E-state index contributed by atoms with van der Waals surface area (Å²) in [5.41, 5.74) is 2.57. The zero-order valence-electron chi connectivity index (χ0n) is 22.0. The normalized spacial score (nSPS) is 13.2. The van der Waals surface area contributed by atoms with E-state index >= 15 is 0 Å². The van der Waals surface area contributed by atoms with Crippen molar-refractivity contribution in [3.8, 4) is 28.1 Å².